The third kappa shape index (κ3) is 5.34. The van der Waals surface area contributed by atoms with E-state index in [-0.39, 0.29) is 5.91 Å². The van der Waals surface area contributed by atoms with E-state index >= 15 is 0 Å². The number of aryl methyl sites for hydroxylation is 2. The van der Waals surface area contributed by atoms with E-state index < -0.39 is 0 Å². The zero-order valence-electron chi connectivity index (χ0n) is 17.6. The molecule has 154 valence electrons. The predicted octanol–water partition coefficient (Wildman–Crippen LogP) is 5.43. The summed E-state index contributed by atoms with van der Waals surface area (Å²) in [4.78, 5) is 21.4. The summed E-state index contributed by atoms with van der Waals surface area (Å²) in [5.41, 5.74) is 6.82. The van der Waals surface area contributed by atoms with Crippen molar-refractivity contribution in [2.45, 2.75) is 20.4 Å². The highest BCUT2D eigenvalue weighted by Gasteiger charge is 2.07. The van der Waals surface area contributed by atoms with Gasteiger partial charge in [-0.1, -0.05) is 65.7 Å². The zero-order chi connectivity index (χ0) is 21.6. The molecule has 0 unspecified atom stereocenters. The molecule has 0 radical (unpaired) electrons. The van der Waals surface area contributed by atoms with Crippen LogP contribution in [0.2, 0.25) is 0 Å². The van der Waals surface area contributed by atoms with E-state index in [4.69, 9.17) is 0 Å². The van der Waals surface area contributed by atoms with Gasteiger partial charge in [0, 0.05) is 35.8 Å². The SMILES string of the molecule is Cc1ccc(-c2cnc(Nc3cccc(C(=O)NCc4cccc(C)c4)c3)nc2)cc1. The molecule has 0 saturated heterocycles. The van der Waals surface area contributed by atoms with Crippen LogP contribution in [0.4, 0.5) is 11.6 Å². The van der Waals surface area contributed by atoms with E-state index in [0.29, 0.717) is 18.1 Å². The Morgan fingerprint density at radius 3 is 2.29 bits per heavy atom. The first kappa shape index (κ1) is 20.3. The molecular formula is C26H24N4O. The van der Waals surface area contributed by atoms with Crippen molar-refractivity contribution in [2.24, 2.45) is 0 Å². The topological polar surface area (TPSA) is 66.9 Å². The van der Waals surface area contributed by atoms with Crippen molar-refractivity contribution in [1.82, 2.24) is 15.3 Å². The number of nitrogens with one attached hydrogen (secondary N) is 2. The van der Waals surface area contributed by atoms with Gasteiger partial charge in [-0.15, -0.1) is 0 Å². The highest BCUT2D eigenvalue weighted by atomic mass is 16.1. The maximum Gasteiger partial charge on any atom is 0.251 e. The van der Waals surface area contributed by atoms with Gasteiger partial charge >= 0.3 is 0 Å². The molecule has 0 spiro atoms. The van der Waals surface area contributed by atoms with Crippen LogP contribution in [-0.4, -0.2) is 15.9 Å². The molecule has 0 bridgehead atoms. The van der Waals surface area contributed by atoms with E-state index in [2.05, 4.69) is 57.9 Å². The number of aromatic nitrogens is 2. The van der Waals surface area contributed by atoms with Crippen molar-refractivity contribution >= 4 is 17.5 Å². The number of hydrogen-bond acceptors (Lipinski definition) is 4. The summed E-state index contributed by atoms with van der Waals surface area (Å²) in [7, 11) is 0. The van der Waals surface area contributed by atoms with Crippen LogP contribution in [0.15, 0.2) is 85.2 Å². The van der Waals surface area contributed by atoms with E-state index in [1.807, 2.05) is 37.3 Å². The van der Waals surface area contributed by atoms with Crippen LogP contribution in [0, 0.1) is 13.8 Å². The number of benzene rings is 3. The lowest BCUT2D eigenvalue weighted by atomic mass is 10.1. The fourth-order valence-electron chi connectivity index (χ4n) is 3.26. The lowest BCUT2D eigenvalue weighted by Crippen LogP contribution is -2.22. The summed E-state index contributed by atoms with van der Waals surface area (Å²) in [6.07, 6.45) is 3.58. The molecule has 4 aromatic rings. The normalized spacial score (nSPS) is 10.5. The Morgan fingerprint density at radius 2 is 1.55 bits per heavy atom. The van der Waals surface area contributed by atoms with Gasteiger partial charge in [-0.2, -0.15) is 0 Å². The molecule has 0 saturated carbocycles. The second-order valence-corrected chi connectivity index (χ2v) is 7.54. The molecule has 2 N–H and O–H groups in total. The summed E-state index contributed by atoms with van der Waals surface area (Å²) in [5.74, 6) is 0.356. The molecule has 0 aliphatic carbocycles. The molecule has 0 fully saturated rings. The Labute approximate surface area is 182 Å². The van der Waals surface area contributed by atoms with Gasteiger partial charge in [0.1, 0.15) is 0 Å². The van der Waals surface area contributed by atoms with Gasteiger partial charge in [-0.3, -0.25) is 4.79 Å². The van der Waals surface area contributed by atoms with E-state index in [1.54, 1.807) is 24.5 Å². The molecule has 3 aromatic carbocycles. The van der Waals surface area contributed by atoms with Crippen molar-refractivity contribution in [3.8, 4) is 11.1 Å². The Bertz CT molecular complexity index is 1180. The number of rotatable bonds is 6. The number of amides is 1. The smallest absolute Gasteiger partial charge is 0.251 e. The van der Waals surface area contributed by atoms with Gasteiger partial charge in [0.2, 0.25) is 5.95 Å². The molecule has 0 atom stereocenters. The lowest BCUT2D eigenvalue weighted by Gasteiger charge is -2.09. The van der Waals surface area contributed by atoms with Crippen molar-refractivity contribution < 1.29 is 4.79 Å². The molecular weight excluding hydrogens is 384 g/mol. The van der Waals surface area contributed by atoms with Crippen LogP contribution in [0.25, 0.3) is 11.1 Å². The number of carbonyl (C=O) groups is 1. The van der Waals surface area contributed by atoms with E-state index in [1.165, 1.54) is 11.1 Å². The number of hydrogen-bond donors (Lipinski definition) is 2. The summed E-state index contributed by atoms with van der Waals surface area (Å²) in [6.45, 7) is 4.59. The van der Waals surface area contributed by atoms with Gasteiger partial charge < -0.3 is 10.6 Å². The first-order valence-electron chi connectivity index (χ1n) is 10.2. The van der Waals surface area contributed by atoms with Crippen LogP contribution < -0.4 is 10.6 Å². The van der Waals surface area contributed by atoms with Crippen LogP contribution in [0.1, 0.15) is 27.0 Å². The molecule has 5 nitrogen and oxygen atoms in total. The number of carbonyl (C=O) groups excluding carboxylic acids is 1. The third-order valence-corrected chi connectivity index (χ3v) is 4.95. The molecule has 1 heterocycles. The standard InChI is InChI=1S/C26H24N4O/c1-18-9-11-21(12-10-18)23-16-28-26(29-17-23)30-24-8-4-7-22(14-24)25(31)27-15-20-6-3-5-19(2)13-20/h3-14,16-17H,15H2,1-2H3,(H,27,31)(H,28,29,30). The third-order valence-electron chi connectivity index (χ3n) is 4.95. The van der Waals surface area contributed by atoms with E-state index in [0.717, 1.165) is 22.4 Å². The number of anilines is 2. The summed E-state index contributed by atoms with van der Waals surface area (Å²) >= 11 is 0. The fourth-order valence-corrected chi connectivity index (χ4v) is 3.26. The van der Waals surface area contributed by atoms with Crippen molar-refractivity contribution in [3.05, 3.63) is 107 Å². The van der Waals surface area contributed by atoms with Gasteiger partial charge in [0.25, 0.3) is 5.91 Å². The average Bonchev–Trinajstić information content (AvgIpc) is 2.79. The maximum absolute atomic E-state index is 12.6. The first-order chi connectivity index (χ1) is 15.1. The monoisotopic (exact) mass is 408 g/mol. The quantitative estimate of drug-likeness (QED) is 0.446. The minimum Gasteiger partial charge on any atom is -0.348 e. The minimum absolute atomic E-state index is 0.124. The van der Waals surface area contributed by atoms with Crippen molar-refractivity contribution in [3.63, 3.8) is 0 Å². The van der Waals surface area contributed by atoms with Gasteiger partial charge in [-0.05, 0) is 43.2 Å². The lowest BCUT2D eigenvalue weighted by molar-refractivity contribution is 0.0951. The molecule has 0 aliphatic heterocycles. The summed E-state index contributed by atoms with van der Waals surface area (Å²) in [5, 5.41) is 6.13. The Balaban J connectivity index is 1.41. The molecule has 0 aliphatic rings. The molecule has 31 heavy (non-hydrogen) atoms. The molecule has 1 amide bonds. The zero-order valence-corrected chi connectivity index (χ0v) is 17.6. The van der Waals surface area contributed by atoms with Crippen LogP contribution in [0.3, 0.4) is 0 Å². The van der Waals surface area contributed by atoms with Crippen molar-refractivity contribution in [1.29, 1.82) is 0 Å². The van der Waals surface area contributed by atoms with Gasteiger partial charge in [0.05, 0.1) is 0 Å². The van der Waals surface area contributed by atoms with Crippen molar-refractivity contribution in [2.75, 3.05) is 5.32 Å². The predicted molar refractivity (Wildman–Crippen MR) is 124 cm³/mol. The number of nitrogens with zero attached hydrogens (tertiary/aromatic N) is 2. The summed E-state index contributed by atoms with van der Waals surface area (Å²) < 4.78 is 0. The molecule has 5 heteroatoms. The minimum atomic E-state index is -0.124. The van der Waals surface area contributed by atoms with Gasteiger partial charge in [-0.25, -0.2) is 9.97 Å². The highest BCUT2D eigenvalue weighted by molar-refractivity contribution is 5.95. The Kier molecular flexibility index (Phi) is 6.03. The maximum atomic E-state index is 12.6. The average molecular weight is 409 g/mol. The largest absolute Gasteiger partial charge is 0.348 e. The molecule has 4 rings (SSSR count). The highest BCUT2D eigenvalue weighted by Crippen LogP contribution is 2.20. The second-order valence-electron chi connectivity index (χ2n) is 7.54. The second kappa shape index (κ2) is 9.22. The Morgan fingerprint density at radius 1 is 0.806 bits per heavy atom. The summed E-state index contributed by atoms with van der Waals surface area (Å²) in [6, 6.07) is 23.6. The van der Waals surface area contributed by atoms with Crippen LogP contribution in [0.5, 0.6) is 0 Å². The Hall–Kier alpha value is -3.99. The van der Waals surface area contributed by atoms with Crippen LogP contribution >= 0.6 is 0 Å². The van der Waals surface area contributed by atoms with Crippen LogP contribution in [-0.2, 0) is 6.54 Å². The first-order valence-corrected chi connectivity index (χ1v) is 10.2. The van der Waals surface area contributed by atoms with Gasteiger partial charge in [0.15, 0.2) is 0 Å². The fraction of sp³-hybridized carbons (Fsp3) is 0.115. The molecule has 1 aromatic heterocycles. The van der Waals surface area contributed by atoms with E-state index in [9.17, 15) is 4.79 Å².